The molecule has 0 aliphatic rings. The Labute approximate surface area is 116 Å². The predicted octanol–water partition coefficient (Wildman–Crippen LogP) is 1.49. The van der Waals surface area contributed by atoms with Crippen LogP contribution in [-0.2, 0) is 11.4 Å². The summed E-state index contributed by atoms with van der Waals surface area (Å²) in [7, 11) is 0. The molecule has 0 unspecified atom stereocenters. The van der Waals surface area contributed by atoms with Gasteiger partial charge in [-0.1, -0.05) is 31.2 Å². The van der Waals surface area contributed by atoms with Crippen LogP contribution in [0.5, 0.6) is 0 Å². The minimum absolute atomic E-state index is 0.0607. The first-order valence-electron chi connectivity index (χ1n) is 6.33. The molecular weight excluding hydrogens is 258 g/mol. The van der Waals surface area contributed by atoms with Crippen molar-refractivity contribution >= 4 is 5.91 Å². The van der Waals surface area contributed by atoms with E-state index in [2.05, 4.69) is 40.0 Å². The molecule has 0 bridgehead atoms. The lowest BCUT2D eigenvalue weighted by Crippen LogP contribution is -2.24. The number of H-pyrrole nitrogens is 1. The molecular formula is C13H17N5O2. The van der Waals surface area contributed by atoms with Crippen molar-refractivity contribution in [1.82, 2.24) is 26.1 Å². The van der Waals surface area contributed by atoms with Crippen LogP contribution >= 0.6 is 0 Å². The Morgan fingerprint density at radius 1 is 1.45 bits per heavy atom. The number of hydrogen-bond donors (Lipinski definition) is 2. The molecule has 2 aromatic rings. The smallest absolute Gasteiger partial charge is 0.267 e. The third-order valence-corrected chi connectivity index (χ3v) is 2.93. The van der Waals surface area contributed by atoms with Crippen molar-refractivity contribution in [2.75, 3.05) is 0 Å². The van der Waals surface area contributed by atoms with Crippen LogP contribution in [0, 0.1) is 6.92 Å². The van der Waals surface area contributed by atoms with Gasteiger partial charge in [0.25, 0.3) is 5.91 Å². The van der Waals surface area contributed by atoms with Gasteiger partial charge in [0.1, 0.15) is 6.61 Å². The normalized spacial score (nSPS) is 10.8. The van der Waals surface area contributed by atoms with Gasteiger partial charge in [0.2, 0.25) is 5.82 Å². The third-order valence-electron chi connectivity index (χ3n) is 2.93. The van der Waals surface area contributed by atoms with Gasteiger partial charge in [-0.3, -0.25) is 9.63 Å². The van der Waals surface area contributed by atoms with Crippen molar-refractivity contribution in [2.45, 2.75) is 33.3 Å². The minimum Gasteiger partial charge on any atom is -0.267 e. The SMILES string of the molecule is Cc1ccc(C(C)C)cc1C(=O)NOCc1nn[nH]n1. The van der Waals surface area contributed by atoms with E-state index < -0.39 is 0 Å². The van der Waals surface area contributed by atoms with Crippen molar-refractivity contribution < 1.29 is 9.63 Å². The summed E-state index contributed by atoms with van der Waals surface area (Å²) in [4.78, 5) is 17.1. The highest BCUT2D eigenvalue weighted by Crippen LogP contribution is 2.18. The third kappa shape index (κ3) is 3.39. The van der Waals surface area contributed by atoms with E-state index >= 15 is 0 Å². The molecule has 0 saturated heterocycles. The molecule has 20 heavy (non-hydrogen) atoms. The van der Waals surface area contributed by atoms with Gasteiger partial charge in [-0.2, -0.15) is 5.21 Å². The van der Waals surface area contributed by atoms with Crippen LogP contribution in [0.15, 0.2) is 18.2 Å². The predicted molar refractivity (Wildman–Crippen MR) is 71.7 cm³/mol. The summed E-state index contributed by atoms with van der Waals surface area (Å²) in [5.41, 5.74) is 4.99. The van der Waals surface area contributed by atoms with Crippen molar-refractivity contribution in [3.05, 3.63) is 40.7 Å². The second-order valence-corrected chi connectivity index (χ2v) is 4.78. The lowest BCUT2D eigenvalue weighted by molar-refractivity contribution is 0.0208. The van der Waals surface area contributed by atoms with Crippen molar-refractivity contribution in [2.24, 2.45) is 0 Å². The van der Waals surface area contributed by atoms with Crippen LogP contribution in [-0.4, -0.2) is 26.5 Å². The molecule has 2 N–H and O–H groups in total. The van der Waals surface area contributed by atoms with E-state index in [1.54, 1.807) is 0 Å². The molecule has 0 saturated carbocycles. The maximum absolute atomic E-state index is 12.1. The van der Waals surface area contributed by atoms with Gasteiger partial charge < -0.3 is 0 Å². The average Bonchev–Trinajstić information content (AvgIpc) is 2.92. The summed E-state index contributed by atoms with van der Waals surface area (Å²) in [5.74, 6) is 0.453. The molecule has 1 aromatic carbocycles. The van der Waals surface area contributed by atoms with Gasteiger partial charge >= 0.3 is 0 Å². The van der Waals surface area contributed by atoms with Crippen LogP contribution in [0.1, 0.15) is 47.1 Å². The number of aryl methyl sites for hydroxylation is 1. The van der Waals surface area contributed by atoms with E-state index in [9.17, 15) is 4.79 Å². The largest absolute Gasteiger partial charge is 0.275 e. The Hall–Kier alpha value is -2.28. The fraction of sp³-hybridized carbons (Fsp3) is 0.385. The first-order chi connectivity index (χ1) is 9.58. The molecule has 0 atom stereocenters. The Morgan fingerprint density at radius 2 is 2.25 bits per heavy atom. The number of carbonyl (C=O) groups is 1. The molecule has 7 heteroatoms. The Balaban J connectivity index is 1.99. The summed E-state index contributed by atoms with van der Waals surface area (Å²) in [6.45, 7) is 6.11. The Morgan fingerprint density at radius 3 is 2.90 bits per heavy atom. The van der Waals surface area contributed by atoms with Gasteiger partial charge in [0.15, 0.2) is 0 Å². The van der Waals surface area contributed by atoms with Crippen LogP contribution in [0.25, 0.3) is 0 Å². The monoisotopic (exact) mass is 275 g/mol. The fourth-order valence-corrected chi connectivity index (χ4v) is 1.71. The molecule has 7 nitrogen and oxygen atoms in total. The Kier molecular flexibility index (Phi) is 4.41. The zero-order valence-corrected chi connectivity index (χ0v) is 11.7. The standard InChI is InChI=1S/C13H17N5O2/c1-8(2)10-5-4-9(3)11(6-10)13(19)16-20-7-12-14-17-18-15-12/h4-6,8H,7H2,1-3H3,(H,16,19)(H,14,15,17,18). The summed E-state index contributed by atoms with van der Waals surface area (Å²) in [5, 5.41) is 13.1. The molecule has 1 aromatic heterocycles. The molecule has 106 valence electrons. The van der Waals surface area contributed by atoms with Crippen LogP contribution in [0.3, 0.4) is 0 Å². The number of carbonyl (C=O) groups excluding carboxylic acids is 1. The first kappa shape index (κ1) is 14.1. The maximum atomic E-state index is 12.1. The number of aromatic nitrogens is 4. The summed E-state index contributed by atoms with van der Waals surface area (Å²) < 4.78 is 0. The van der Waals surface area contributed by atoms with Crippen LogP contribution < -0.4 is 5.48 Å². The second kappa shape index (κ2) is 6.25. The topological polar surface area (TPSA) is 92.8 Å². The number of hydrogen-bond acceptors (Lipinski definition) is 5. The number of benzene rings is 1. The zero-order chi connectivity index (χ0) is 14.5. The van der Waals surface area contributed by atoms with E-state index in [4.69, 9.17) is 4.84 Å². The van der Waals surface area contributed by atoms with Crippen molar-refractivity contribution in [3.63, 3.8) is 0 Å². The number of aromatic amines is 1. The quantitative estimate of drug-likeness (QED) is 0.806. The van der Waals surface area contributed by atoms with Gasteiger partial charge in [0, 0.05) is 5.56 Å². The molecule has 1 amide bonds. The number of rotatable bonds is 5. The first-order valence-corrected chi connectivity index (χ1v) is 6.33. The molecule has 0 fully saturated rings. The van der Waals surface area contributed by atoms with Crippen LogP contribution in [0.2, 0.25) is 0 Å². The van der Waals surface area contributed by atoms with Crippen molar-refractivity contribution in [3.8, 4) is 0 Å². The highest BCUT2D eigenvalue weighted by atomic mass is 16.7. The lowest BCUT2D eigenvalue weighted by Gasteiger charge is -2.11. The van der Waals surface area contributed by atoms with Gasteiger partial charge in [-0.15, -0.1) is 10.2 Å². The molecule has 0 spiro atoms. The summed E-state index contributed by atoms with van der Waals surface area (Å²) in [6, 6.07) is 5.84. The number of tetrazole rings is 1. The van der Waals surface area contributed by atoms with E-state index in [-0.39, 0.29) is 12.5 Å². The average molecular weight is 275 g/mol. The number of amides is 1. The molecule has 2 rings (SSSR count). The second-order valence-electron chi connectivity index (χ2n) is 4.78. The molecule has 0 aliphatic heterocycles. The number of nitrogens with zero attached hydrogens (tertiary/aromatic N) is 3. The van der Waals surface area contributed by atoms with Crippen LogP contribution in [0.4, 0.5) is 0 Å². The van der Waals surface area contributed by atoms with Crippen molar-refractivity contribution in [1.29, 1.82) is 0 Å². The van der Waals surface area contributed by atoms with E-state index in [1.807, 2.05) is 25.1 Å². The molecule has 1 heterocycles. The Bertz CT molecular complexity index is 580. The van der Waals surface area contributed by atoms with E-state index in [0.717, 1.165) is 11.1 Å². The van der Waals surface area contributed by atoms with Gasteiger partial charge in [-0.05, 0) is 30.0 Å². The maximum Gasteiger partial charge on any atom is 0.275 e. The number of nitrogens with one attached hydrogen (secondary N) is 2. The fourth-order valence-electron chi connectivity index (χ4n) is 1.71. The molecule has 0 radical (unpaired) electrons. The highest BCUT2D eigenvalue weighted by molar-refractivity contribution is 5.95. The van der Waals surface area contributed by atoms with E-state index in [0.29, 0.717) is 17.3 Å². The number of hydroxylamine groups is 1. The minimum atomic E-state index is -0.284. The van der Waals surface area contributed by atoms with Gasteiger partial charge in [0.05, 0.1) is 0 Å². The van der Waals surface area contributed by atoms with E-state index in [1.165, 1.54) is 0 Å². The molecule has 0 aliphatic carbocycles. The van der Waals surface area contributed by atoms with Gasteiger partial charge in [-0.25, -0.2) is 5.48 Å². The summed E-state index contributed by atoms with van der Waals surface area (Å²) >= 11 is 0. The lowest BCUT2D eigenvalue weighted by atomic mass is 9.97. The summed E-state index contributed by atoms with van der Waals surface area (Å²) in [6.07, 6.45) is 0. The highest BCUT2D eigenvalue weighted by Gasteiger charge is 2.11. The zero-order valence-electron chi connectivity index (χ0n) is 11.7.